The van der Waals surface area contributed by atoms with Gasteiger partial charge in [0.25, 0.3) is 6.43 Å². The second-order valence-corrected chi connectivity index (χ2v) is 2.62. The SMILES string of the molecule is FC(F)c1ccc(Br)cn1. The van der Waals surface area contributed by atoms with Gasteiger partial charge in [-0.2, -0.15) is 0 Å². The molecule has 0 atom stereocenters. The fourth-order valence-corrected chi connectivity index (χ4v) is 0.751. The molecule has 0 saturated heterocycles. The Bertz CT molecular complexity index is 209. The van der Waals surface area contributed by atoms with Crippen LogP contribution in [0.2, 0.25) is 0 Å². The quantitative estimate of drug-likeness (QED) is 0.691. The Morgan fingerprint density at radius 1 is 1.40 bits per heavy atom. The van der Waals surface area contributed by atoms with Crippen molar-refractivity contribution in [3.8, 4) is 0 Å². The first kappa shape index (κ1) is 7.60. The van der Waals surface area contributed by atoms with Crippen LogP contribution in [-0.4, -0.2) is 4.98 Å². The number of alkyl halides is 2. The molecule has 1 nitrogen and oxygen atoms in total. The van der Waals surface area contributed by atoms with Gasteiger partial charge in [-0.15, -0.1) is 0 Å². The van der Waals surface area contributed by atoms with Crippen LogP contribution in [0.25, 0.3) is 0 Å². The van der Waals surface area contributed by atoms with Crippen LogP contribution in [0.3, 0.4) is 0 Å². The lowest BCUT2D eigenvalue weighted by Gasteiger charge is -1.95. The first-order valence-electron chi connectivity index (χ1n) is 2.60. The zero-order valence-corrected chi connectivity index (χ0v) is 6.48. The standard InChI is InChI=1S/C6H4BrF2N/c7-4-1-2-5(6(8)9)10-3-4/h1-3,6H. The summed E-state index contributed by atoms with van der Waals surface area (Å²) in [5.41, 5.74) is -0.191. The lowest BCUT2D eigenvalue weighted by atomic mass is 10.4. The monoisotopic (exact) mass is 207 g/mol. The maximum Gasteiger partial charge on any atom is 0.280 e. The van der Waals surface area contributed by atoms with E-state index >= 15 is 0 Å². The normalized spacial score (nSPS) is 10.4. The van der Waals surface area contributed by atoms with E-state index in [1.165, 1.54) is 18.3 Å². The van der Waals surface area contributed by atoms with Crippen molar-refractivity contribution in [1.82, 2.24) is 4.98 Å². The summed E-state index contributed by atoms with van der Waals surface area (Å²) in [5.74, 6) is 0. The first-order valence-corrected chi connectivity index (χ1v) is 3.39. The lowest BCUT2D eigenvalue weighted by molar-refractivity contribution is 0.146. The Hall–Kier alpha value is -0.510. The Morgan fingerprint density at radius 2 is 2.10 bits per heavy atom. The second-order valence-electron chi connectivity index (χ2n) is 1.70. The number of hydrogen-bond donors (Lipinski definition) is 0. The van der Waals surface area contributed by atoms with Crippen LogP contribution in [0.4, 0.5) is 8.78 Å². The maximum absolute atomic E-state index is 11.8. The molecule has 1 heterocycles. The highest BCUT2D eigenvalue weighted by molar-refractivity contribution is 9.10. The summed E-state index contributed by atoms with van der Waals surface area (Å²) in [4.78, 5) is 3.48. The van der Waals surface area contributed by atoms with Crippen molar-refractivity contribution in [2.24, 2.45) is 0 Å². The van der Waals surface area contributed by atoms with Gasteiger partial charge < -0.3 is 0 Å². The van der Waals surface area contributed by atoms with Crippen molar-refractivity contribution in [1.29, 1.82) is 0 Å². The van der Waals surface area contributed by atoms with E-state index in [0.717, 1.165) is 0 Å². The molecule has 10 heavy (non-hydrogen) atoms. The molecule has 4 heteroatoms. The average molecular weight is 208 g/mol. The molecule has 0 unspecified atom stereocenters. The fraction of sp³-hybridized carbons (Fsp3) is 0.167. The molecule has 1 aromatic rings. The van der Waals surface area contributed by atoms with Crippen LogP contribution >= 0.6 is 15.9 Å². The van der Waals surface area contributed by atoms with Crippen molar-refractivity contribution in [2.75, 3.05) is 0 Å². The van der Waals surface area contributed by atoms with Gasteiger partial charge in [0.05, 0.1) is 0 Å². The van der Waals surface area contributed by atoms with Crippen molar-refractivity contribution in [3.05, 3.63) is 28.5 Å². The molecule has 0 aromatic carbocycles. The van der Waals surface area contributed by atoms with Gasteiger partial charge in [-0.05, 0) is 28.1 Å². The number of pyridine rings is 1. The number of halogens is 3. The van der Waals surface area contributed by atoms with Crippen molar-refractivity contribution >= 4 is 15.9 Å². The Labute approximate surface area is 65.2 Å². The minimum atomic E-state index is -2.48. The smallest absolute Gasteiger partial charge is 0.254 e. The Morgan fingerprint density at radius 3 is 2.50 bits per heavy atom. The number of nitrogens with zero attached hydrogens (tertiary/aromatic N) is 1. The zero-order chi connectivity index (χ0) is 7.56. The molecule has 0 aliphatic rings. The van der Waals surface area contributed by atoms with Gasteiger partial charge in [0.1, 0.15) is 5.69 Å². The van der Waals surface area contributed by atoms with E-state index in [0.29, 0.717) is 4.47 Å². The van der Waals surface area contributed by atoms with Crippen molar-refractivity contribution in [2.45, 2.75) is 6.43 Å². The minimum Gasteiger partial charge on any atom is -0.254 e. The van der Waals surface area contributed by atoms with Crippen LogP contribution in [0.5, 0.6) is 0 Å². The predicted octanol–water partition coefficient (Wildman–Crippen LogP) is 2.78. The summed E-state index contributed by atoms with van der Waals surface area (Å²) in [6.07, 6.45) is -1.13. The third-order valence-corrected chi connectivity index (χ3v) is 1.44. The molecular formula is C6H4BrF2N. The molecule has 0 aliphatic heterocycles. The highest BCUT2D eigenvalue weighted by atomic mass is 79.9. The van der Waals surface area contributed by atoms with Gasteiger partial charge in [-0.3, -0.25) is 4.98 Å². The summed E-state index contributed by atoms with van der Waals surface area (Å²) in [6.45, 7) is 0. The highest BCUT2D eigenvalue weighted by Gasteiger charge is 2.06. The van der Waals surface area contributed by atoms with Crippen molar-refractivity contribution < 1.29 is 8.78 Å². The van der Waals surface area contributed by atoms with E-state index in [2.05, 4.69) is 20.9 Å². The summed E-state index contributed by atoms with van der Waals surface area (Å²) in [5, 5.41) is 0. The maximum atomic E-state index is 11.8. The van der Waals surface area contributed by atoms with E-state index in [1.54, 1.807) is 0 Å². The van der Waals surface area contributed by atoms with Crippen molar-refractivity contribution in [3.63, 3.8) is 0 Å². The zero-order valence-electron chi connectivity index (χ0n) is 4.89. The molecule has 0 N–H and O–H groups in total. The van der Waals surface area contributed by atoms with E-state index in [9.17, 15) is 8.78 Å². The summed E-state index contributed by atoms with van der Waals surface area (Å²) in [7, 11) is 0. The van der Waals surface area contributed by atoms with Gasteiger partial charge in [0, 0.05) is 10.7 Å². The third kappa shape index (κ3) is 1.73. The molecule has 0 aliphatic carbocycles. The number of aromatic nitrogens is 1. The molecule has 1 rings (SSSR count). The van der Waals surface area contributed by atoms with Gasteiger partial charge in [-0.1, -0.05) is 0 Å². The fourth-order valence-electron chi connectivity index (χ4n) is 0.516. The highest BCUT2D eigenvalue weighted by Crippen LogP contribution is 2.17. The molecule has 0 radical (unpaired) electrons. The summed E-state index contributed by atoms with van der Waals surface area (Å²) in [6, 6.07) is 2.82. The first-order chi connectivity index (χ1) is 4.70. The van der Waals surface area contributed by atoms with Gasteiger partial charge in [0.15, 0.2) is 0 Å². The molecule has 54 valence electrons. The van der Waals surface area contributed by atoms with Gasteiger partial charge >= 0.3 is 0 Å². The van der Waals surface area contributed by atoms with Gasteiger partial charge in [0.2, 0.25) is 0 Å². The molecule has 0 bridgehead atoms. The number of rotatable bonds is 1. The van der Waals surface area contributed by atoms with Crippen LogP contribution in [0, 0.1) is 0 Å². The second kappa shape index (κ2) is 3.05. The third-order valence-electron chi connectivity index (χ3n) is 0.974. The van der Waals surface area contributed by atoms with E-state index < -0.39 is 6.43 Å². The predicted molar refractivity (Wildman–Crippen MR) is 36.9 cm³/mol. The average Bonchev–Trinajstić information content (AvgIpc) is 1.88. The molecule has 0 spiro atoms. The topological polar surface area (TPSA) is 12.9 Å². The van der Waals surface area contributed by atoms with Crippen LogP contribution in [0.15, 0.2) is 22.8 Å². The largest absolute Gasteiger partial charge is 0.280 e. The van der Waals surface area contributed by atoms with E-state index in [4.69, 9.17) is 0 Å². The summed E-state index contributed by atoms with van der Waals surface area (Å²) >= 11 is 3.09. The Kier molecular flexibility index (Phi) is 2.32. The molecule has 0 saturated carbocycles. The molecule has 0 amide bonds. The Balaban J connectivity index is 2.89. The van der Waals surface area contributed by atoms with Crippen LogP contribution in [0.1, 0.15) is 12.1 Å². The lowest BCUT2D eigenvalue weighted by Crippen LogP contribution is -1.87. The molecular weight excluding hydrogens is 204 g/mol. The van der Waals surface area contributed by atoms with E-state index in [1.807, 2.05) is 0 Å². The molecule has 0 fully saturated rings. The molecule has 1 aromatic heterocycles. The summed E-state index contributed by atoms with van der Waals surface area (Å²) < 4.78 is 24.3. The van der Waals surface area contributed by atoms with Gasteiger partial charge in [-0.25, -0.2) is 8.78 Å². The minimum absolute atomic E-state index is 0.191. The number of hydrogen-bond acceptors (Lipinski definition) is 1. The van der Waals surface area contributed by atoms with Crippen LogP contribution < -0.4 is 0 Å². The van der Waals surface area contributed by atoms with E-state index in [-0.39, 0.29) is 5.69 Å². The van der Waals surface area contributed by atoms with Crippen LogP contribution in [-0.2, 0) is 0 Å².